The molecule has 1 fully saturated rings. The average molecular weight is 414 g/mol. The van der Waals surface area contributed by atoms with E-state index in [1.807, 2.05) is 36.4 Å². The van der Waals surface area contributed by atoms with Crippen LogP contribution in [0.25, 0.3) is 22.2 Å². The summed E-state index contributed by atoms with van der Waals surface area (Å²) in [5.74, 6) is 0.0591. The molecule has 0 aliphatic carbocycles. The topological polar surface area (TPSA) is 97.5 Å². The molecule has 0 amide bonds. The second-order valence-corrected chi connectivity index (χ2v) is 7.23. The van der Waals surface area contributed by atoms with Crippen molar-refractivity contribution in [3.05, 3.63) is 59.2 Å². The van der Waals surface area contributed by atoms with E-state index in [0.29, 0.717) is 30.3 Å². The fourth-order valence-corrected chi connectivity index (χ4v) is 3.69. The second kappa shape index (κ2) is 7.92. The summed E-state index contributed by atoms with van der Waals surface area (Å²) < 4.78 is 8.73. The van der Waals surface area contributed by atoms with Crippen molar-refractivity contribution in [1.29, 1.82) is 0 Å². The number of hydrogen-bond acceptors (Lipinski definition) is 6. The minimum Gasteiger partial charge on any atom is -0.870 e. The van der Waals surface area contributed by atoms with Crippen LogP contribution < -0.4 is 4.52 Å². The minimum absolute atomic E-state index is 0. The molecule has 8 nitrogen and oxygen atoms in total. The van der Waals surface area contributed by atoms with Crippen molar-refractivity contribution in [2.75, 3.05) is 26.3 Å². The van der Waals surface area contributed by atoms with E-state index in [9.17, 15) is 5.11 Å². The Morgan fingerprint density at radius 3 is 2.55 bits per heavy atom. The predicted molar refractivity (Wildman–Crippen MR) is 107 cm³/mol. The summed E-state index contributed by atoms with van der Waals surface area (Å²) in [4.78, 5) is 7.12. The van der Waals surface area contributed by atoms with Gasteiger partial charge >= 0.3 is 5.88 Å². The number of benzene rings is 2. The summed E-state index contributed by atoms with van der Waals surface area (Å²) in [7, 11) is 0. The molecule has 150 valence electrons. The highest BCUT2D eigenvalue weighted by Crippen LogP contribution is 2.25. The molecule has 2 N–H and O–H groups in total. The van der Waals surface area contributed by atoms with Crippen molar-refractivity contribution in [2.24, 2.45) is 0 Å². The third kappa shape index (κ3) is 3.51. The molecule has 2 aromatic carbocycles. The van der Waals surface area contributed by atoms with Gasteiger partial charge in [0, 0.05) is 24.7 Å². The van der Waals surface area contributed by atoms with E-state index in [-0.39, 0.29) is 11.4 Å². The number of fused-ring (bicyclic) bond motifs is 3. The van der Waals surface area contributed by atoms with Gasteiger partial charge in [0.1, 0.15) is 16.4 Å². The van der Waals surface area contributed by atoms with E-state index in [1.54, 1.807) is 16.6 Å². The third-order valence-corrected chi connectivity index (χ3v) is 5.24. The zero-order valence-corrected chi connectivity index (χ0v) is 16.3. The summed E-state index contributed by atoms with van der Waals surface area (Å²) in [6.07, 6.45) is 0. The molecule has 1 aliphatic rings. The molecule has 3 heterocycles. The maximum absolute atomic E-state index is 11.0. The zero-order chi connectivity index (χ0) is 19.1. The molecular weight excluding hydrogens is 394 g/mol. The van der Waals surface area contributed by atoms with Gasteiger partial charge in [-0.05, 0) is 36.4 Å². The Kier molecular flexibility index (Phi) is 5.33. The molecule has 0 radical (unpaired) electrons. The quantitative estimate of drug-likeness (QED) is 0.517. The van der Waals surface area contributed by atoms with Crippen LogP contribution in [0.2, 0.25) is 5.02 Å². The van der Waals surface area contributed by atoms with Crippen molar-refractivity contribution in [3.8, 4) is 11.6 Å². The van der Waals surface area contributed by atoms with Gasteiger partial charge in [-0.15, -0.1) is 0 Å². The number of halogens is 1. The van der Waals surface area contributed by atoms with Crippen molar-refractivity contribution in [1.82, 2.24) is 19.8 Å². The first-order valence-corrected chi connectivity index (χ1v) is 9.56. The normalized spacial score (nSPS) is 14.9. The molecule has 9 heteroatoms. The van der Waals surface area contributed by atoms with Crippen LogP contribution in [0.1, 0.15) is 5.69 Å². The van der Waals surface area contributed by atoms with Gasteiger partial charge in [0.2, 0.25) is 0 Å². The van der Waals surface area contributed by atoms with E-state index in [2.05, 4.69) is 10.1 Å². The van der Waals surface area contributed by atoms with Gasteiger partial charge in [0.05, 0.1) is 13.2 Å². The highest BCUT2D eigenvalue weighted by atomic mass is 35.5. The monoisotopic (exact) mass is 413 g/mol. The molecule has 0 saturated carbocycles. The van der Waals surface area contributed by atoms with E-state index < -0.39 is 0 Å². The Balaban J connectivity index is 0.00000205. The van der Waals surface area contributed by atoms with Gasteiger partial charge in [-0.25, -0.2) is 4.98 Å². The Labute approximate surface area is 171 Å². The summed E-state index contributed by atoms with van der Waals surface area (Å²) in [5, 5.41) is 16.3. The smallest absolute Gasteiger partial charge is 0.361 e. The molecule has 0 atom stereocenters. The number of aromatic hydroxyl groups is 1. The van der Waals surface area contributed by atoms with Crippen LogP contribution in [0.3, 0.4) is 0 Å². The van der Waals surface area contributed by atoms with E-state index in [4.69, 9.17) is 21.3 Å². The van der Waals surface area contributed by atoms with Crippen LogP contribution in [0.15, 0.2) is 48.5 Å². The maximum Gasteiger partial charge on any atom is 0.361 e. The Hall–Kier alpha value is -2.78. The fourth-order valence-electron chi connectivity index (χ4n) is 3.57. The first-order chi connectivity index (χ1) is 13.7. The van der Waals surface area contributed by atoms with Crippen LogP contribution in [-0.4, -0.2) is 56.7 Å². The lowest BCUT2D eigenvalue weighted by Crippen LogP contribution is -2.37. The number of rotatable bonds is 3. The maximum atomic E-state index is 11.0. The summed E-state index contributed by atoms with van der Waals surface area (Å²) >= 11 is 6.01. The standard InChI is InChI=1S/C20H18ClN5O2.H2O/c21-14-5-7-15(8-6-14)25-20(27)19-17(13-24-9-11-28-12-10-24)22-16-3-1-2-4-18(16)26(19)23-25;/h1-8H,9-13H2;1H2. The largest absolute Gasteiger partial charge is 0.870 e. The lowest BCUT2D eigenvalue weighted by atomic mass is 10.2. The van der Waals surface area contributed by atoms with Gasteiger partial charge in [-0.2, -0.15) is 0 Å². The van der Waals surface area contributed by atoms with E-state index in [1.165, 1.54) is 4.68 Å². The van der Waals surface area contributed by atoms with Crippen molar-refractivity contribution in [2.45, 2.75) is 6.54 Å². The summed E-state index contributed by atoms with van der Waals surface area (Å²) in [5.41, 5.74) is 3.81. The lowest BCUT2D eigenvalue weighted by molar-refractivity contribution is -0.556. The molecular formula is C20H20ClN5O3. The predicted octanol–water partition coefficient (Wildman–Crippen LogP) is 2.17. The molecule has 0 bridgehead atoms. The van der Waals surface area contributed by atoms with Crippen LogP contribution >= 0.6 is 11.6 Å². The molecule has 4 aromatic rings. The van der Waals surface area contributed by atoms with Gasteiger partial charge in [-0.1, -0.05) is 32.9 Å². The minimum atomic E-state index is 0. The third-order valence-electron chi connectivity index (χ3n) is 4.99. The van der Waals surface area contributed by atoms with Crippen LogP contribution in [0, 0.1) is 0 Å². The molecule has 5 rings (SSSR count). The summed E-state index contributed by atoms with van der Waals surface area (Å²) in [6.45, 7) is 3.72. The molecule has 1 saturated heterocycles. The number of hydrogen-bond donors (Lipinski definition) is 1. The van der Waals surface area contributed by atoms with E-state index >= 15 is 0 Å². The van der Waals surface area contributed by atoms with Crippen LogP contribution in [0.4, 0.5) is 0 Å². The highest BCUT2D eigenvalue weighted by Gasteiger charge is 2.28. The summed E-state index contributed by atoms with van der Waals surface area (Å²) in [6, 6.07) is 15.0. The Morgan fingerprint density at radius 1 is 1.07 bits per heavy atom. The van der Waals surface area contributed by atoms with Gasteiger partial charge in [0.25, 0.3) is 5.52 Å². The highest BCUT2D eigenvalue weighted by molar-refractivity contribution is 6.30. The second-order valence-electron chi connectivity index (χ2n) is 6.80. The average Bonchev–Trinajstić information content (AvgIpc) is 3.07. The zero-order valence-electron chi connectivity index (χ0n) is 15.6. The molecule has 1 aliphatic heterocycles. The molecule has 2 aromatic heterocycles. The number of morpholine rings is 1. The number of nitrogens with zero attached hydrogens (tertiary/aromatic N) is 5. The van der Waals surface area contributed by atoms with E-state index in [0.717, 1.165) is 35.5 Å². The first-order valence-electron chi connectivity index (χ1n) is 9.18. The fraction of sp³-hybridized carbons (Fsp3) is 0.250. The molecule has 29 heavy (non-hydrogen) atoms. The van der Waals surface area contributed by atoms with Crippen LogP contribution in [0.5, 0.6) is 5.88 Å². The Bertz CT molecular complexity index is 1160. The SMILES string of the molecule is Oc1c2c(CN3CCOCC3)nc3ccccc3[n+]2nn1-c1ccc(Cl)cc1.[OH-]. The molecule has 0 unspecified atom stereocenters. The van der Waals surface area contributed by atoms with Crippen LogP contribution in [-0.2, 0) is 11.3 Å². The van der Waals surface area contributed by atoms with Crippen molar-refractivity contribution >= 4 is 28.2 Å². The van der Waals surface area contributed by atoms with Crippen molar-refractivity contribution < 1.29 is 19.8 Å². The first kappa shape index (κ1) is 19.5. The van der Waals surface area contributed by atoms with Crippen molar-refractivity contribution in [3.63, 3.8) is 0 Å². The lowest BCUT2D eigenvalue weighted by Gasteiger charge is -2.25. The number of ether oxygens (including phenoxy) is 1. The Morgan fingerprint density at radius 2 is 1.79 bits per heavy atom. The number of para-hydroxylation sites is 2. The molecule has 0 spiro atoms. The van der Waals surface area contributed by atoms with Gasteiger partial charge in [0.15, 0.2) is 11.2 Å². The van der Waals surface area contributed by atoms with Gasteiger partial charge < -0.3 is 15.3 Å². The number of aromatic nitrogens is 4. The van der Waals surface area contributed by atoms with Gasteiger partial charge in [-0.3, -0.25) is 4.90 Å².